The van der Waals surface area contributed by atoms with Gasteiger partial charge in [0.2, 0.25) is 0 Å². The fraction of sp³-hybridized carbons (Fsp3) is 0.391. The van der Waals surface area contributed by atoms with E-state index in [0.29, 0.717) is 6.61 Å². The van der Waals surface area contributed by atoms with Gasteiger partial charge in [-0.3, -0.25) is 0 Å². The summed E-state index contributed by atoms with van der Waals surface area (Å²) in [7, 11) is 2.04. The first-order chi connectivity index (χ1) is 12.3. The Morgan fingerprint density at radius 3 is 2.40 bits per heavy atom. The Morgan fingerprint density at radius 2 is 1.72 bits per heavy atom. The van der Waals surface area contributed by atoms with E-state index in [0.717, 1.165) is 18.2 Å². The first-order valence-corrected chi connectivity index (χ1v) is 9.47. The zero-order valence-electron chi connectivity index (χ0n) is 15.2. The van der Waals surface area contributed by atoms with Gasteiger partial charge >= 0.3 is 0 Å². The lowest BCUT2D eigenvalue weighted by molar-refractivity contribution is 0.306. The normalized spacial score (nSPS) is 16.0. The van der Waals surface area contributed by atoms with Crippen molar-refractivity contribution in [2.45, 2.75) is 38.7 Å². The number of rotatable bonds is 7. The van der Waals surface area contributed by atoms with Crippen LogP contribution in [0.25, 0.3) is 6.08 Å². The standard InChI is InChI=1S/C23H29NO/c1-24-17-22(21-10-6-3-7-11-21)16-19-12-14-23(15-13-19)25-18-20-8-4-2-5-9-20/h2,4-5,8-9,12-16,21,24H,3,6-7,10-11,17-18H2,1H3/b22-16-. The van der Waals surface area contributed by atoms with Crippen LogP contribution in [0.15, 0.2) is 60.2 Å². The molecule has 0 amide bonds. The summed E-state index contributed by atoms with van der Waals surface area (Å²) < 4.78 is 5.88. The minimum absolute atomic E-state index is 0.614. The number of ether oxygens (including phenoxy) is 1. The predicted octanol–water partition coefficient (Wildman–Crippen LogP) is 5.45. The molecule has 0 bridgehead atoms. The van der Waals surface area contributed by atoms with Crippen molar-refractivity contribution in [2.24, 2.45) is 5.92 Å². The van der Waals surface area contributed by atoms with Crippen LogP contribution in [0.5, 0.6) is 5.75 Å². The Bertz CT molecular complexity index is 654. The smallest absolute Gasteiger partial charge is 0.119 e. The van der Waals surface area contributed by atoms with Crippen LogP contribution in [0.2, 0.25) is 0 Å². The number of nitrogens with one attached hydrogen (secondary N) is 1. The van der Waals surface area contributed by atoms with Gasteiger partial charge in [0.15, 0.2) is 0 Å². The molecule has 1 fully saturated rings. The molecule has 2 aromatic carbocycles. The topological polar surface area (TPSA) is 21.3 Å². The molecule has 2 aromatic rings. The van der Waals surface area contributed by atoms with Crippen molar-refractivity contribution >= 4 is 6.08 Å². The van der Waals surface area contributed by atoms with Gasteiger partial charge in [0.05, 0.1) is 0 Å². The molecule has 2 nitrogen and oxygen atoms in total. The Kier molecular flexibility index (Phi) is 6.70. The molecule has 0 heterocycles. The van der Waals surface area contributed by atoms with Gasteiger partial charge < -0.3 is 10.1 Å². The van der Waals surface area contributed by atoms with Crippen LogP contribution in [0, 0.1) is 5.92 Å². The van der Waals surface area contributed by atoms with Gasteiger partial charge in [0, 0.05) is 6.54 Å². The minimum Gasteiger partial charge on any atom is -0.489 e. The molecule has 1 aliphatic rings. The van der Waals surface area contributed by atoms with Crippen molar-refractivity contribution in [1.82, 2.24) is 5.32 Å². The average molecular weight is 335 g/mol. The fourth-order valence-corrected chi connectivity index (χ4v) is 3.61. The molecular formula is C23H29NO. The largest absolute Gasteiger partial charge is 0.489 e. The van der Waals surface area contributed by atoms with Crippen LogP contribution < -0.4 is 10.1 Å². The monoisotopic (exact) mass is 335 g/mol. The van der Waals surface area contributed by atoms with E-state index >= 15 is 0 Å². The second kappa shape index (κ2) is 9.43. The van der Waals surface area contributed by atoms with Crippen molar-refractivity contribution in [3.8, 4) is 5.75 Å². The molecular weight excluding hydrogens is 306 g/mol. The van der Waals surface area contributed by atoms with Gasteiger partial charge in [-0.1, -0.05) is 73.4 Å². The van der Waals surface area contributed by atoms with Gasteiger partial charge in [-0.25, -0.2) is 0 Å². The molecule has 0 radical (unpaired) electrons. The van der Waals surface area contributed by atoms with E-state index in [1.165, 1.54) is 43.2 Å². The van der Waals surface area contributed by atoms with Crippen LogP contribution in [0.3, 0.4) is 0 Å². The van der Waals surface area contributed by atoms with Crippen molar-refractivity contribution in [1.29, 1.82) is 0 Å². The maximum Gasteiger partial charge on any atom is 0.119 e. The van der Waals surface area contributed by atoms with E-state index in [1.807, 2.05) is 25.2 Å². The summed E-state index contributed by atoms with van der Waals surface area (Å²) in [4.78, 5) is 0. The molecule has 1 aliphatic carbocycles. The van der Waals surface area contributed by atoms with Crippen LogP contribution in [-0.4, -0.2) is 13.6 Å². The molecule has 132 valence electrons. The second-order valence-corrected chi connectivity index (χ2v) is 6.93. The molecule has 0 saturated heterocycles. The van der Waals surface area contributed by atoms with Crippen LogP contribution in [0.4, 0.5) is 0 Å². The highest BCUT2D eigenvalue weighted by Gasteiger charge is 2.17. The Balaban J connectivity index is 1.63. The van der Waals surface area contributed by atoms with Crippen molar-refractivity contribution in [3.05, 3.63) is 71.3 Å². The lowest BCUT2D eigenvalue weighted by atomic mass is 9.83. The molecule has 0 atom stereocenters. The summed E-state index contributed by atoms with van der Waals surface area (Å²) in [6.45, 7) is 1.60. The molecule has 0 aliphatic heterocycles. The van der Waals surface area contributed by atoms with E-state index in [4.69, 9.17) is 4.74 Å². The highest BCUT2D eigenvalue weighted by atomic mass is 16.5. The molecule has 1 saturated carbocycles. The van der Waals surface area contributed by atoms with Crippen molar-refractivity contribution in [2.75, 3.05) is 13.6 Å². The van der Waals surface area contributed by atoms with Crippen molar-refractivity contribution in [3.63, 3.8) is 0 Å². The lowest BCUT2D eigenvalue weighted by Gasteiger charge is -2.24. The van der Waals surface area contributed by atoms with Crippen LogP contribution >= 0.6 is 0 Å². The summed E-state index contributed by atoms with van der Waals surface area (Å²) in [5, 5.41) is 3.34. The third kappa shape index (κ3) is 5.47. The van der Waals surface area contributed by atoms with Gasteiger partial charge in [-0.15, -0.1) is 0 Å². The zero-order valence-corrected chi connectivity index (χ0v) is 15.2. The van der Waals surface area contributed by atoms with E-state index in [1.54, 1.807) is 5.57 Å². The summed E-state index contributed by atoms with van der Waals surface area (Å²) in [5.74, 6) is 1.67. The van der Waals surface area contributed by atoms with Gasteiger partial charge in [-0.05, 0) is 49.1 Å². The first kappa shape index (κ1) is 17.8. The Morgan fingerprint density at radius 1 is 1.00 bits per heavy atom. The zero-order chi connectivity index (χ0) is 17.3. The lowest BCUT2D eigenvalue weighted by Crippen LogP contribution is -2.19. The highest BCUT2D eigenvalue weighted by Crippen LogP contribution is 2.30. The highest BCUT2D eigenvalue weighted by molar-refractivity contribution is 5.55. The Labute approximate surface area is 151 Å². The summed E-state index contributed by atoms with van der Waals surface area (Å²) in [6.07, 6.45) is 9.19. The van der Waals surface area contributed by atoms with E-state index in [2.05, 4.69) is 47.8 Å². The van der Waals surface area contributed by atoms with Gasteiger partial charge in [0.1, 0.15) is 12.4 Å². The molecule has 3 rings (SSSR count). The molecule has 0 aromatic heterocycles. The molecule has 1 N–H and O–H groups in total. The third-order valence-electron chi connectivity index (χ3n) is 4.99. The minimum atomic E-state index is 0.614. The fourth-order valence-electron chi connectivity index (χ4n) is 3.61. The Hall–Kier alpha value is -2.06. The first-order valence-electron chi connectivity index (χ1n) is 9.47. The number of hydrogen-bond donors (Lipinski definition) is 1. The number of benzene rings is 2. The summed E-state index contributed by atoms with van der Waals surface area (Å²) >= 11 is 0. The summed E-state index contributed by atoms with van der Waals surface area (Å²) in [6, 6.07) is 18.8. The third-order valence-corrected chi connectivity index (χ3v) is 4.99. The number of hydrogen-bond acceptors (Lipinski definition) is 2. The molecule has 2 heteroatoms. The SMILES string of the molecule is CNC/C(=C/c1ccc(OCc2ccccc2)cc1)C1CCCCC1. The van der Waals surface area contributed by atoms with Crippen LogP contribution in [0.1, 0.15) is 43.2 Å². The van der Waals surface area contributed by atoms with Crippen LogP contribution in [-0.2, 0) is 6.61 Å². The van der Waals surface area contributed by atoms with Crippen molar-refractivity contribution < 1.29 is 4.74 Å². The summed E-state index contributed by atoms with van der Waals surface area (Å²) in [5.41, 5.74) is 4.00. The predicted molar refractivity (Wildman–Crippen MR) is 106 cm³/mol. The van der Waals surface area contributed by atoms with Gasteiger partial charge in [-0.2, -0.15) is 0 Å². The molecule has 25 heavy (non-hydrogen) atoms. The average Bonchev–Trinajstić information content (AvgIpc) is 2.68. The van der Waals surface area contributed by atoms with E-state index in [-0.39, 0.29) is 0 Å². The quantitative estimate of drug-likeness (QED) is 0.726. The van der Waals surface area contributed by atoms with Gasteiger partial charge in [0.25, 0.3) is 0 Å². The maximum atomic E-state index is 5.88. The number of likely N-dealkylation sites (N-methyl/N-ethyl adjacent to an activating group) is 1. The second-order valence-electron chi connectivity index (χ2n) is 6.93. The maximum absolute atomic E-state index is 5.88. The molecule has 0 unspecified atom stereocenters. The van der Waals surface area contributed by atoms with E-state index in [9.17, 15) is 0 Å². The van der Waals surface area contributed by atoms with E-state index < -0.39 is 0 Å². The molecule has 0 spiro atoms.